The summed E-state index contributed by atoms with van der Waals surface area (Å²) in [7, 11) is -3.67. The van der Waals surface area contributed by atoms with Crippen LogP contribution in [0.1, 0.15) is 22.5 Å². The number of halogens is 1. The van der Waals surface area contributed by atoms with E-state index in [4.69, 9.17) is 11.6 Å². The maximum absolute atomic E-state index is 13.0. The van der Waals surface area contributed by atoms with Gasteiger partial charge in [0.2, 0.25) is 15.9 Å². The zero-order chi connectivity index (χ0) is 18.5. The summed E-state index contributed by atoms with van der Waals surface area (Å²) < 4.78 is 29.0. The van der Waals surface area contributed by atoms with Gasteiger partial charge in [0, 0.05) is 29.1 Å². The topological polar surface area (TPSA) is 59.4 Å². The van der Waals surface area contributed by atoms with Crippen LogP contribution in [0, 0.1) is 6.92 Å². The lowest BCUT2D eigenvalue weighted by Gasteiger charge is -2.19. The van der Waals surface area contributed by atoms with E-state index >= 15 is 0 Å². The second kappa shape index (κ2) is 6.23. The van der Waals surface area contributed by atoms with Crippen molar-refractivity contribution in [3.05, 3.63) is 64.8 Å². The van der Waals surface area contributed by atoms with Crippen molar-refractivity contribution < 1.29 is 13.2 Å². The third-order valence-electron chi connectivity index (χ3n) is 4.66. The maximum Gasteiger partial charge on any atom is 0.243 e. The highest BCUT2D eigenvalue weighted by Crippen LogP contribution is 2.28. The largest absolute Gasteiger partial charge is 0.283 e. The molecule has 0 unspecified atom stereocenters. The molecule has 0 fully saturated rings. The Balaban J connectivity index is 1.79. The van der Waals surface area contributed by atoms with E-state index in [1.165, 1.54) is 4.31 Å². The van der Waals surface area contributed by atoms with Crippen molar-refractivity contribution in [2.24, 2.45) is 0 Å². The van der Waals surface area contributed by atoms with Gasteiger partial charge in [0.1, 0.15) is 0 Å². The molecule has 1 aromatic heterocycles. The van der Waals surface area contributed by atoms with Crippen LogP contribution < -0.4 is 0 Å². The minimum Gasteiger partial charge on any atom is -0.283 e. The number of fused-ring (bicyclic) bond motifs is 3. The van der Waals surface area contributed by atoms with Crippen molar-refractivity contribution in [3.63, 3.8) is 0 Å². The molecule has 0 N–H and O–H groups in total. The number of aromatic nitrogens is 1. The highest BCUT2D eigenvalue weighted by atomic mass is 35.5. The van der Waals surface area contributed by atoms with Crippen LogP contribution in [0.5, 0.6) is 0 Å². The van der Waals surface area contributed by atoms with E-state index in [1.54, 1.807) is 41.0 Å². The molecule has 0 atom stereocenters. The summed E-state index contributed by atoms with van der Waals surface area (Å²) in [6.45, 7) is 2.21. The second-order valence-corrected chi connectivity index (χ2v) is 8.84. The third-order valence-corrected chi connectivity index (χ3v) is 6.76. The van der Waals surface area contributed by atoms with E-state index in [2.05, 4.69) is 0 Å². The molecule has 134 valence electrons. The summed E-state index contributed by atoms with van der Waals surface area (Å²) in [5.74, 6) is -0.126. The van der Waals surface area contributed by atoms with E-state index in [9.17, 15) is 13.2 Å². The minimum absolute atomic E-state index is 0.119. The molecule has 0 saturated carbocycles. The molecule has 3 aromatic rings. The van der Waals surface area contributed by atoms with Crippen LogP contribution in [-0.4, -0.2) is 29.7 Å². The van der Waals surface area contributed by atoms with Gasteiger partial charge in [-0.2, -0.15) is 4.31 Å². The van der Waals surface area contributed by atoms with Crippen molar-refractivity contribution in [2.45, 2.75) is 24.8 Å². The number of benzene rings is 2. The minimum atomic E-state index is -3.67. The van der Waals surface area contributed by atoms with Crippen molar-refractivity contribution in [1.82, 2.24) is 8.87 Å². The van der Waals surface area contributed by atoms with Crippen LogP contribution in [0.15, 0.2) is 53.4 Å². The van der Waals surface area contributed by atoms with Crippen LogP contribution in [0.4, 0.5) is 0 Å². The van der Waals surface area contributed by atoms with Crippen molar-refractivity contribution in [3.8, 4) is 0 Å². The molecule has 2 heterocycles. The number of nitrogens with zero attached hydrogens (tertiary/aromatic N) is 2. The molecular weight excluding hydrogens is 372 g/mol. The summed E-state index contributed by atoms with van der Waals surface area (Å²) in [6, 6.07) is 13.9. The average molecular weight is 389 g/mol. The molecule has 0 radical (unpaired) electrons. The van der Waals surface area contributed by atoms with Gasteiger partial charge in [-0.15, -0.1) is 0 Å². The van der Waals surface area contributed by atoms with Crippen molar-refractivity contribution in [2.75, 3.05) is 6.54 Å². The van der Waals surface area contributed by atoms with Crippen LogP contribution >= 0.6 is 11.6 Å². The normalized spacial score (nSPS) is 15.8. The van der Waals surface area contributed by atoms with Crippen molar-refractivity contribution >= 4 is 38.4 Å². The Morgan fingerprint density at radius 3 is 2.50 bits per heavy atom. The van der Waals surface area contributed by atoms with E-state index in [-0.39, 0.29) is 30.3 Å². The lowest BCUT2D eigenvalue weighted by molar-refractivity contribution is 0.0909. The Labute approximate surface area is 156 Å². The van der Waals surface area contributed by atoms with Gasteiger partial charge in [-0.1, -0.05) is 35.4 Å². The predicted molar refractivity (Wildman–Crippen MR) is 101 cm³/mol. The lowest BCUT2D eigenvalue weighted by Crippen LogP contribution is -2.31. The zero-order valence-corrected chi connectivity index (χ0v) is 15.7. The molecular formula is C19H17ClN2O3S. The van der Waals surface area contributed by atoms with Crippen LogP contribution in [0.3, 0.4) is 0 Å². The van der Waals surface area contributed by atoms with E-state index < -0.39 is 10.0 Å². The fraction of sp³-hybridized carbons (Fsp3) is 0.211. The summed E-state index contributed by atoms with van der Waals surface area (Å²) in [5.41, 5.74) is 2.36. The first-order valence-electron chi connectivity index (χ1n) is 8.26. The molecule has 26 heavy (non-hydrogen) atoms. The van der Waals surface area contributed by atoms with E-state index in [0.29, 0.717) is 16.2 Å². The monoisotopic (exact) mass is 388 g/mol. The van der Waals surface area contributed by atoms with Crippen LogP contribution in [-0.2, 0) is 16.6 Å². The quantitative estimate of drug-likeness (QED) is 0.670. The Kier molecular flexibility index (Phi) is 4.14. The highest BCUT2D eigenvalue weighted by Gasteiger charge is 2.30. The number of carbonyl (C=O) groups is 1. The number of carbonyl (C=O) groups excluding carboxylic acids is 1. The van der Waals surface area contributed by atoms with Gasteiger partial charge < -0.3 is 0 Å². The Morgan fingerprint density at radius 1 is 1.04 bits per heavy atom. The molecule has 0 amide bonds. The number of hydrogen-bond donors (Lipinski definition) is 0. The SMILES string of the molecule is Cc1ccc(S(=O)(=O)N2CCC(=O)n3c(cc4ccc(Cl)cc43)C2)cc1. The number of aryl methyl sites for hydroxylation is 1. The fourth-order valence-corrected chi connectivity index (χ4v) is 4.88. The average Bonchev–Trinajstić information content (AvgIpc) is 2.86. The smallest absolute Gasteiger partial charge is 0.243 e. The molecule has 0 bridgehead atoms. The van der Waals surface area contributed by atoms with Gasteiger partial charge in [-0.05, 0) is 37.3 Å². The Morgan fingerprint density at radius 2 is 1.77 bits per heavy atom. The van der Waals surface area contributed by atoms with E-state index in [0.717, 1.165) is 10.9 Å². The molecule has 7 heteroatoms. The van der Waals surface area contributed by atoms with Gasteiger partial charge in [-0.3, -0.25) is 9.36 Å². The molecule has 0 saturated heterocycles. The summed E-state index contributed by atoms with van der Waals surface area (Å²) >= 11 is 6.07. The predicted octanol–water partition coefficient (Wildman–Crippen LogP) is 3.84. The van der Waals surface area contributed by atoms with Gasteiger partial charge >= 0.3 is 0 Å². The molecule has 0 spiro atoms. The summed E-state index contributed by atoms with van der Waals surface area (Å²) in [4.78, 5) is 12.9. The molecule has 5 nitrogen and oxygen atoms in total. The summed E-state index contributed by atoms with van der Waals surface area (Å²) in [5, 5.41) is 1.41. The highest BCUT2D eigenvalue weighted by molar-refractivity contribution is 7.89. The van der Waals surface area contributed by atoms with Gasteiger partial charge in [0.05, 0.1) is 17.0 Å². The van der Waals surface area contributed by atoms with E-state index in [1.807, 2.05) is 19.1 Å². The Bertz CT molecular complexity index is 1120. The Hall–Kier alpha value is -2.15. The first-order chi connectivity index (χ1) is 12.4. The molecule has 1 aliphatic heterocycles. The molecule has 4 rings (SSSR count). The lowest BCUT2D eigenvalue weighted by atomic mass is 10.2. The fourth-order valence-electron chi connectivity index (χ4n) is 3.30. The molecule has 2 aromatic carbocycles. The van der Waals surface area contributed by atoms with Crippen LogP contribution in [0.25, 0.3) is 10.9 Å². The number of sulfonamides is 1. The molecule has 0 aliphatic carbocycles. The second-order valence-electron chi connectivity index (χ2n) is 6.47. The first-order valence-corrected chi connectivity index (χ1v) is 10.1. The molecule has 1 aliphatic rings. The maximum atomic E-state index is 13.0. The first kappa shape index (κ1) is 17.3. The number of hydrogen-bond acceptors (Lipinski definition) is 3. The van der Waals surface area contributed by atoms with Gasteiger partial charge in [0.15, 0.2) is 0 Å². The standard InChI is InChI=1S/C19H17ClN2O3S/c1-13-2-6-17(7-3-13)26(24,25)21-9-8-19(23)22-16(12-21)10-14-4-5-15(20)11-18(14)22/h2-7,10-11H,8-9,12H2,1H3. The van der Waals surface area contributed by atoms with Gasteiger partial charge in [-0.25, -0.2) is 8.42 Å². The third kappa shape index (κ3) is 2.84. The zero-order valence-electron chi connectivity index (χ0n) is 14.1. The number of rotatable bonds is 2. The van der Waals surface area contributed by atoms with Crippen molar-refractivity contribution in [1.29, 1.82) is 0 Å². The summed E-state index contributed by atoms with van der Waals surface area (Å²) in [6.07, 6.45) is 0.119. The van der Waals surface area contributed by atoms with Crippen LogP contribution in [0.2, 0.25) is 5.02 Å². The van der Waals surface area contributed by atoms with Gasteiger partial charge in [0.25, 0.3) is 0 Å².